The maximum atomic E-state index is 13.1. The first-order valence-electron chi connectivity index (χ1n) is 5.52. The Kier molecular flexibility index (Phi) is 5.32. The molecule has 0 amide bonds. The summed E-state index contributed by atoms with van der Waals surface area (Å²) < 4.78 is 49.2. The molecule has 4 nitrogen and oxygen atoms in total. The third-order valence-corrected chi connectivity index (χ3v) is 2.60. The molecule has 0 bridgehead atoms. The van der Waals surface area contributed by atoms with Crippen molar-refractivity contribution in [1.29, 1.82) is 0 Å². The van der Waals surface area contributed by atoms with Gasteiger partial charge in [0.25, 0.3) is 5.70 Å². The van der Waals surface area contributed by atoms with Gasteiger partial charge < -0.3 is 22.1 Å². The smallest absolute Gasteiger partial charge is 0.476 e. The van der Waals surface area contributed by atoms with E-state index in [1.165, 1.54) is 26.2 Å². The highest BCUT2D eigenvalue weighted by atomic mass is 32.1. The fourth-order valence-corrected chi connectivity index (χ4v) is 1.66. The van der Waals surface area contributed by atoms with Crippen molar-refractivity contribution in [1.82, 2.24) is 0 Å². The van der Waals surface area contributed by atoms with Crippen LogP contribution < -0.4 is 9.30 Å². The van der Waals surface area contributed by atoms with Crippen LogP contribution in [-0.4, -0.2) is 25.9 Å². The second-order valence-corrected chi connectivity index (χ2v) is 3.95. The highest BCUT2D eigenvalue weighted by molar-refractivity contribution is 7.65. The zero-order valence-corrected chi connectivity index (χ0v) is 11.5. The van der Waals surface area contributed by atoms with Crippen molar-refractivity contribution in [3.63, 3.8) is 0 Å². The Morgan fingerprint density at radius 2 is 1.90 bits per heavy atom. The number of nitrogens with zero attached hydrogens (tertiary/aromatic N) is 1. The van der Waals surface area contributed by atoms with Crippen molar-refractivity contribution in [2.45, 2.75) is 13.1 Å². The number of allylic oxidation sites excluding steroid dienone is 1. The number of carbonyl (C=O) groups excluding carboxylic acids is 1. The molecule has 8 heteroatoms. The molecule has 0 unspecified atom stereocenters. The van der Waals surface area contributed by atoms with Gasteiger partial charge in [0.05, 0.1) is 13.7 Å². The van der Waals surface area contributed by atoms with E-state index in [1.807, 2.05) is 0 Å². The van der Waals surface area contributed by atoms with Crippen molar-refractivity contribution >= 4 is 24.3 Å². The van der Waals surface area contributed by atoms with Gasteiger partial charge in [-0.2, -0.15) is 17.7 Å². The zero-order valence-electron chi connectivity index (χ0n) is 10.7. The lowest BCUT2D eigenvalue weighted by Gasteiger charge is -2.15. The predicted molar refractivity (Wildman–Crippen MR) is 66.5 cm³/mol. The Hall–Kier alpha value is -1.83. The van der Waals surface area contributed by atoms with Crippen LogP contribution >= 0.6 is 0 Å². The van der Waals surface area contributed by atoms with Gasteiger partial charge in [-0.3, -0.25) is 0 Å². The summed E-state index contributed by atoms with van der Waals surface area (Å²) in [5.41, 5.74) is -1.27. The molecular weight excluding hydrogens is 295 g/mol. The topological polar surface area (TPSA) is 39.4 Å². The first-order chi connectivity index (χ1) is 9.31. The number of alkyl halides is 3. The first kappa shape index (κ1) is 16.2. The van der Waals surface area contributed by atoms with Crippen LogP contribution in [0.25, 0.3) is 5.70 Å². The van der Waals surface area contributed by atoms with Gasteiger partial charge in [-0.05, 0) is 11.8 Å². The lowest BCUT2D eigenvalue weighted by molar-refractivity contribution is -0.596. The van der Waals surface area contributed by atoms with Gasteiger partial charge in [0.2, 0.25) is 0 Å². The molecule has 0 N–H and O–H groups in total. The number of hydrogen-bond acceptors (Lipinski definition) is 4. The molecule has 1 aromatic rings. The minimum atomic E-state index is -4.79. The lowest BCUT2D eigenvalue weighted by atomic mass is 10.3. The summed E-state index contributed by atoms with van der Waals surface area (Å²) in [6.45, 7) is 1.42. The fraction of sp³-hybridized carbons (Fsp3) is 0.333. The molecule has 1 heterocycles. The molecule has 0 radical (unpaired) electrons. The van der Waals surface area contributed by atoms with Crippen LogP contribution in [0, 0.1) is 0 Å². The number of esters is 1. The third kappa shape index (κ3) is 3.83. The first-order valence-corrected chi connectivity index (χ1v) is 5.93. The Balaban J connectivity index is 3.32. The molecule has 1 aromatic heterocycles. The van der Waals surface area contributed by atoms with Crippen LogP contribution in [0.1, 0.15) is 6.92 Å². The summed E-state index contributed by atoms with van der Waals surface area (Å²) in [6.07, 6.45) is -2.58. The van der Waals surface area contributed by atoms with Gasteiger partial charge in [-0.15, -0.1) is 0 Å². The average Bonchev–Trinajstić information content (AvgIpc) is 2.38. The van der Waals surface area contributed by atoms with Gasteiger partial charge in [0.15, 0.2) is 12.4 Å². The van der Waals surface area contributed by atoms with Gasteiger partial charge in [0.1, 0.15) is 5.75 Å². The quantitative estimate of drug-likeness (QED) is 0.368. The molecule has 1 rings (SSSR count). The molecule has 110 valence electrons. The second kappa shape index (κ2) is 6.56. The van der Waals surface area contributed by atoms with Crippen LogP contribution in [-0.2, 0) is 22.2 Å². The van der Waals surface area contributed by atoms with E-state index >= 15 is 0 Å². The number of hydrogen-bond donors (Lipinski definition) is 0. The molecule has 0 aromatic carbocycles. The van der Waals surface area contributed by atoms with E-state index in [0.29, 0.717) is 10.3 Å². The summed E-state index contributed by atoms with van der Waals surface area (Å²) in [7, 11) is 1.39. The Morgan fingerprint density at radius 3 is 2.30 bits per heavy atom. The van der Waals surface area contributed by atoms with Crippen molar-refractivity contribution in [3.05, 3.63) is 29.4 Å². The molecule has 0 saturated carbocycles. The van der Waals surface area contributed by atoms with Crippen LogP contribution in [0.4, 0.5) is 13.2 Å². The number of methoxy groups -OCH3 is 1. The van der Waals surface area contributed by atoms with E-state index in [4.69, 9.17) is 4.74 Å². The lowest BCUT2D eigenvalue weighted by Crippen LogP contribution is -2.41. The summed E-state index contributed by atoms with van der Waals surface area (Å²) in [5.74, 6) is -0.803. The van der Waals surface area contributed by atoms with E-state index in [-0.39, 0.29) is 6.61 Å². The number of carbonyl (C=O) groups is 1. The summed E-state index contributed by atoms with van der Waals surface area (Å²) in [6, 6.07) is 2.64. The molecular formula is C12H12F3NO3S. The molecule has 20 heavy (non-hydrogen) atoms. The van der Waals surface area contributed by atoms with Gasteiger partial charge in [-0.25, -0.2) is 4.79 Å². The van der Waals surface area contributed by atoms with E-state index in [2.05, 4.69) is 17.4 Å². The van der Waals surface area contributed by atoms with E-state index in [0.717, 1.165) is 12.4 Å². The SMILES string of the molecule is CCOC(=O)/C([S-])=C(/[n+]1ccc(OC)cc1)C(F)(F)F. The molecule has 0 atom stereocenters. The van der Waals surface area contributed by atoms with E-state index in [1.54, 1.807) is 0 Å². The summed E-state index contributed by atoms with van der Waals surface area (Å²) in [5, 5.41) is 0. The normalized spacial score (nSPS) is 12.7. The average molecular weight is 307 g/mol. The second-order valence-electron chi connectivity index (χ2n) is 3.54. The summed E-state index contributed by atoms with van der Waals surface area (Å²) >= 11 is 4.57. The molecule has 0 aliphatic carbocycles. The Labute approximate surface area is 119 Å². The van der Waals surface area contributed by atoms with E-state index < -0.39 is 22.7 Å². The molecule has 0 aliphatic rings. The van der Waals surface area contributed by atoms with Gasteiger partial charge >= 0.3 is 12.1 Å². The monoisotopic (exact) mass is 307 g/mol. The molecule has 0 spiro atoms. The molecule has 0 saturated heterocycles. The highest BCUT2D eigenvalue weighted by Crippen LogP contribution is 2.28. The molecule has 0 aliphatic heterocycles. The van der Waals surface area contributed by atoms with Crippen molar-refractivity contribution < 1.29 is 32.0 Å². The van der Waals surface area contributed by atoms with Crippen molar-refractivity contribution in [2.24, 2.45) is 0 Å². The Bertz CT molecular complexity index is 512. The maximum Gasteiger partial charge on any atom is 0.476 e. The van der Waals surface area contributed by atoms with Crippen LogP contribution in [0.3, 0.4) is 0 Å². The number of rotatable bonds is 4. The van der Waals surface area contributed by atoms with Crippen molar-refractivity contribution in [2.75, 3.05) is 13.7 Å². The third-order valence-electron chi connectivity index (χ3n) is 2.24. The minimum Gasteiger partial charge on any atom is -0.766 e. The van der Waals surface area contributed by atoms with Gasteiger partial charge in [0, 0.05) is 12.1 Å². The number of aromatic nitrogens is 1. The van der Waals surface area contributed by atoms with Crippen LogP contribution in [0.5, 0.6) is 5.75 Å². The van der Waals surface area contributed by atoms with Gasteiger partial charge in [-0.1, -0.05) is 0 Å². The largest absolute Gasteiger partial charge is 0.766 e. The molecule has 0 fully saturated rings. The number of ether oxygens (including phenoxy) is 2. The van der Waals surface area contributed by atoms with E-state index in [9.17, 15) is 18.0 Å². The standard InChI is InChI=1S/C12H12F3NO3S/c1-3-19-11(17)9(20)10(12(13,14)15)16-6-4-8(18-2)5-7-16/h4-7H,3H2,1-2H3/b10-9-. The minimum absolute atomic E-state index is 0.0581. The predicted octanol–water partition coefficient (Wildman–Crippen LogP) is 1.82. The van der Waals surface area contributed by atoms with Crippen LogP contribution in [0.15, 0.2) is 29.4 Å². The number of pyridine rings is 1. The zero-order chi connectivity index (χ0) is 15.3. The summed E-state index contributed by atoms with van der Waals surface area (Å²) in [4.78, 5) is 10.5. The number of halogens is 3. The fourth-order valence-electron chi connectivity index (χ4n) is 1.38. The Morgan fingerprint density at radius 1 is 1.35 bits per heavy atom. The maximum absolute atomic E-state index is 13.1. The highest BCUT2D eigenvalue weighted by Gasteiger charge is 2.43. The van der Waals surface area contributed by atoms with Crippen molar-refractivity contribution in [3.8, 4) is 5.75 Å². The van der Waals surface area contributed by atoms with Crippen LogP contribution in [0.2, 0.25) is 0 Å².